The Morgan fingerprint density at radius 3 is 2.95 bits per heavy atom. The maximum atomic E-state index is 13.9. The third kappa shape index (κ3) is 2.23. The lowest BCUT2D eigenvalue weighted by molar-refractivity contribution is 0.0601. The summed E-state index contributed by atoms with van der Waals surface area (Å²) >= 11 is 3.21. The van der Waals surface area contributed by atoms with Crippen LogP contribution in [-0.2, 0) is 4.74 Å². The maximum absolute atomic E-state index is 13.9. The van der Waals surface area contributed by atoms with Crippen LogP contribution < -0.4 is 0 Å². The fourth-order valence-electron chi connectivity index (χ4n) is 1.63. The molecule has 0 saturated carbocycles. The summed E-state index contributed by atoms with van der Waals surface area (Å²) < 4.78 is 19.0. The largest absolute Gasteiger partial charge is 0.465 e. The smallest absolute Gasteiger partial charge is 0.339 e. The van der Waals surface area contributed by atoms with Crippen molar-refractivity contribution in [2.45, 2.75) is 0 Å². The van der Waals surface area contributed by atoms with Crippen molar-refractivity contribution in [3.8, 4) is 0 Å². The van der Waals surface area contributed by atoms with E-state index < -0.39 is 11.8 Å². The number of azide groups is 1. The molecule has 0 unspecified atom stereocenters. The highest BCUT2D eigenvalue weighted by molar-refractivity contribution is 9.10. The fraction of sp³-hybridized carbons (Fsp3) is 0.0909. The number of ether oxygens (including phenoxy) is 1. The SMILES string of the molecule is COC(=O)c1cnc2c(Br)ccc(F)c2c1N=[N+]=[N-]. The van der Waals surface area contributed by atoms with Gasteiger partial charge in [0, 0.05) is 21.0 Å². The Kier molecular flexibility index (Phi) is 3.64. The van der Waals surface area contributed by atoms with Gasteiger partial charge in [-0.15, -0.1) is 0 Å². The third-order valence-electron chi connectivity index (χ3n) is 2.44. The van der Waals surface area contributed by atoms with E-state index in [9.17, 15) is 9.18 Å². The van der Waals surface area contributed by atoms with Gasteiger partial charge in [0.25, 0.3) is 0 Å². The van der Waals surface area contributed by atoms with E-state index >= 15 is 0 Å². The van der Waals surface area contributed by atoms with Crippen LogP contribution in [0.5, 0.6) is 0 Å². The maximum Gasteiger partial charge on any atom is 0.339 e. The molecular weight excluding hydrogens is 319 g/mol. The van der Waals surface area contributed by atoms with Gasteiger partial charge in [-0.3, -0.25) is 4.98 Å². The Morgan fingerprint density at radius 1 is 1.58 bits per heavy atom. The van der Waals surface area contributed by atoms with Crippen molar-refractivity contribution in [2.75, 3.05) is 7.11 Å². The summed E-state index contributed by atoms with van der Waals surface area (Å²) in [7, 11) is 1.17. The van der Waals surface area contributed by atoms with E-state index in [1.165, 1.54) is 25.4 Å². The van der Waals surface area contributed by atoms with Gasteiger partial charge in [0.1, 0.15) is 5.82 Å². The van der Waals surface area contributed by atoms with Gasteiger partial charge in [-0.1, -0.05) is 5.11 Å². The molecule has 19 heavy (non-hydrogen) atoms. The van der Waals surface area contributed by atoms with E-state index in [1.54, 1.807) is 0 Å². The fourth-order valence-corrected chi connectivity index (χ4v) is 2.06. The molecule has 0 bridgehead atoms. The number of pyridine rings is 1. The normalized spacial score (nSPS) is 10.1. The summed E-state index contributed by atoms with van der Waals surface area (Å²) in [6, 6.07) is 2.66. The van der Waals surface area contributed by atoms with E-state index in [2.05, 4.69) is 35.7 Å². The number of halogens is 2. The van der Waals surface area contributed by atoms with Crippen molar-refractivity contribution in [1.82, 2.24) is 4.98 Å². The zero-order valence-corrected chi connectivity index (χ0v) is 11.2. The molecule has 0 aliphatic carbocycles. The lowest BCUT2D eigenvalue weighted by atomic mass is 10.1. The summed E-state index contributed by atoms with van der Waals surface area (Å²) in [6.45, 7) is 0. The summed E-state index contributed by atoms with van der Waals surface area (Å²) in [5.74, 6) is -1.39. The monoisotopic (exact) mass is 324 g/mol. The van der Waals surface area contributed by atoms with Crippen LogP contribution in [0.1, 0.15) is 10.4 Å². The van der Waals surface area contributed by atoms with Gasteiger partial charge in [-0.2, -0.15) is 0 Å². The molecule has 1 aromatic heterocycles. The summed E-state index contributed by atoms with van der Waals surface area (Å²) in [5.41, 5.74) is 8.60. The van der Waals surface area contributed by atoms with Gasteiger partial charge >= 0.3 is 5.97 Å². The second-order valence-corrected chi connectivity index (χ2v) is 4.31. The van der Waals surface area contributed by atoms with Crippen LogP contribution in [0.4, 0.5) is 10.1 Å². The first-order valence-corrected chi connectivity index (χ1v) is 5.79. The number of methoxy groups -OCH3 is 1. The van der Waals surface area contributed by atoms with Crippen LogP contribution in [0, 0.1) is 5.82 Å². The average Bonchev–Trinajstić information content (AvgIpc) is 2.42. The molecule has 0 fully saturated rings. The minimum atomic E-state index is -0.754. The highest BCUT2D eigenvalue weighted by atomic mass is 79.9. The van der Waals surface area contributed by atoms with Crippen LogP contribution >= 0.6 is 15.9 Å². The number of aromatic nitrogens is 1. The predicted octanol–water partition coefficient (Wildman–Crippen LogP) is 3.86. The van der Waals surface area contributed by atoms with Gasteiger partial charge in [0.2, 0.25) is 0 Å². The molecule has 0 aliphatic rings. The highest BCUT2D eigenvalue weighted by Gasteiger charge is 2.18. The molecule has 0 aliphatic heterocycles. The lowest BCUT2D eigenvalue weighted by Crippen LogP contribution is -2.03. The number of nitrogens with zero attached hydrogens (tertiary/aromatic N) is 4. The number of hydrogen-bond acceptors (Lipinski definition) is 4. The highest BCUT2D eigenvalue weighted by Crippen LogP contribution is 2.34. The van der Waals surface area contributed by atoms with E-state index in [0.29, 0.717) is 4.47 Å². The summed E-state index contributed by atoms with van der Waals surface area (Å²) in [6.07, 6.45) is 1.18. The van der Waals surface area contributed by atoms with Gasteiger partial charge in [-0.25, -0.2) is 9.18 Å². The van der Waals surface area contributed by atoms with E-state index in [0.717, 1.165) is 0 Å². The molecule has 1 heterocycles. The Bertz CT molecular complexity index is 728. The van der Waals surface area contributed by atoms with E-state index in [-0.39, 0.29) is 22.2 Å². The molecule has 6 nitrogen and oxygen atoms in total. The van der Waals surface area contributed by atoms with Crippen molar-refractivity contribution >= 4 is 38.5 Å². The summed E-state index contributed by atoms with van der Waals surface area (Å²) in [5, 5.41) is 3.35. The minimum absolute atomic E-state index is 0.0323. The van der Waals surface area contributed by atoms with Gasteiger partial charge in [0.15, 0.2) is 0 Å². The first kappa shape index (κ1) is 13.3. The van der Waals surface area contributed by atoms with Crippen molar-refractivity contribution in [3.05, 3.63) is 44.6 Å². The van der Waals surface area contributed by atoms with Gasteiger partial charge in [-0.05, 0) is 33.6 Å². The molecule has 8 heteroatoms. The second-order valence-electron chi connectivity index (χ2n) is 3.45. The molecule has 2 rings (SSSR count). The Morgan fingerprint density at radius 2 is 2.32 bits per heavy atom. The van der Waals surface area contributed by atoms with Gasteiger partial charge < -0.3 is 4.74 Å². The zero-order chi connectivity index (χ0) is 14.0. The van der Waals surface area contributed by atoms with Crippen LogP contribution in [0.2, 0.25) is 0 Å². The molecule has 0 radical (unpaired) electrons. The van der Waals surface area contributed by atoms with Crippen molar-refractivity contribution < 1.29 is 13.9 Å². The van der Waals surface area contributed by atoms with Crippen LogP contribution in [0.3, 0.4) is 0 Å². The molecular formula is C11H6BrFN4O2. The quantitative estimate of drug-likeness (QED) is 0.363. The molecule has 0 amide bonds. The van der Waals surface area contributed by atoms with Crippen LogP contribution in [0.25, 0.3) is 21.3 Å². The number of carbonyl (C=O) groups excluding carboxylic acids is 1. The number of hydrogen-bond donors (Lipinski definition) is 0. The number of rotatable bonds is 2. The molecule has 96 valence electrons. The summed E-state index contributed by atoms with van der Waals surface area (Å²) in [4.78, 5) is 18.2. The molecule has 0 N–H and O–H groups in total. The first-order valence-electron chi connectivity index (χ1n) is 5.00. The first-order chi connectivity index (χ1) is 9.10. The molecule has 0 saturated heterocycles. The molecule has 1 aromatic carbocycles. The number of fused-ring (bicyclic) bond motifs is 1. The number of carbonyl (C=O) groups is 1. The Hall–Kier alpha value is -2.18. The van der Waals surface area contributed by atoms with Crippen molar-refractivity contribution in [3.63, 3.8) is 0 Å². The second kappa shape index (κ2) is 5.21. The van der Waals surface area contributed by atoms with Crippen molar-refractivity contribution in [1.29, 1.82) is 0 Å². The topological polar surface area (TPSA) is 88.0 Å². The Labute approximate surface area is 115 Å². The van der Waals surface area contributed by atoms with E-state index in [1.807, 2.05) is 0 Å². The van der Waals surface area contributed by atoms with E-state index in [4.69, 9.17) is 5.53 Å². The minimum Gasteiger partial charge on any atom is -0.465 e. The van der Waals surface area contributed by atoms with Crippen molar-refractivity contribution in [2.24, 2.45) is 5.11 Å². The standard InChI is InChI=1S/C11H6BrFN4O2/c1-19-11(18)5-4-15-10-6(12)2-3-7(13)8(10)9(5)16-17-14/h2-4H,1H3. The van der Waals surface area contributed by atoms with Gasteiger partial charge in [0.05, 0.1) is 23.9 Å². The predicted molar refractivity (Wildman–Crippen MR) is 69.5 cm³/mol. The Balaban J connectivity index is 2.96. The average molecular weight is 325 g/mol. The number of benzene rings is 1. The molecule has 2 aromatic rings. The van der Waals surface area contributed by atoms with Crippen LogP contribution in [-0.4, -0.2) is 18.1 Å². The molecule has 0 atom stereocenters. The van der Waals surface area contributed by atoms with Crippen LogP contribution in [0.15, 0.2) is 27.9 Å². The zero-order valence-electron chi connectivity index (χ0n) is 9.59. The third-order valence-corrected chi connectivity index (χ3v) is 3.08. The number of esters is 1. The molecule has 0 spiro atoms. The lowest BCUT2D eigenvalue weighted by Gasteiger charge is -2.08.